The smallest absolute Gasteiger partial charge is 0.224 e. The molecule has 0 aliphatic rings. The van der Waals surface area contributed by atoms with Gasteiger partial charge in [0.1, 0.15) is 11.6 Å². The van der Waals surface area contributed by atoms with Crippen LogP contribution in [0.5, 0.6) is 5.75 Å². The molecule has 0 spiro atoms. The van der Waals surface area contributed by atoms with Gasteiger partial charge < -0.3 is 15.4 Å². The maximum Gasteiger partial charge on any atom is 0.224 e. The highest BCUT2D eigenvalue weighted by Gasteiger charge is 2.01. The molecule has 1 heterocycles. The Labute approximate surface area is 158 Å². The maximum atomic E-state index is 5.90. The molecule has 1 aromatic heterocycles. The summed E-state index contributed by atoms with van der Waals surface area (Å²) in [5.41, 5.74) is 2.34. The van der Waals surface area contributed by atoms with Crippen molar-refractivity contribution in [2.75, 3.05) is 24.3 Å². The SMILES string of the molecule is COc1cccc(CCNc2nccc(NCc3ccc(Cl)cc3)n2)c1. The van der Waals surface area contributed by atoms with Crippen LogP contribution in [0.3, 0.4) is 0 Å². The van der Waals surface area contributed by atoms with Crippen molar-refractivity contribution in [2.45, 2.75) is 13.0 Å². The zero-order chi connectivity index (χ0) is 18.2. The minimum absolute atomic E-state index is 0.606. The van der Waals surface area contributed by atoms with E-state index in [2.05, 4.69) is 26.7 Å². The Bertz CT molecular complexity index is 839. The molecule has 2 N–H and O–H groups in total. The van der Waals surface area contributed by atoms with Crippen LogP contribution < -0.4 is 15.4 Å². The lowest BCUT2D eigenvalue weighted by Gasteiger charge is -2.09. The van der Waals surface area contributed by atoms with Crippen LogP contribution in [0.4, 0.5) is 11.8 Å². The number of ether oxygens (including phenoxy) is 1. The zero-order valence-electron chi connectivity index (χ0n) is 14.6. The Morgan fingerprint density at radius 2 is 1.85 bits per heavy atom. The molecule has 0 unspecified atom stereocenters. The van der Waals surface area contributed by atoms with Crippen LogP contribution in [0.1, 0.15) is 11.1 Å². The summed E-state index contributed by atoms with van der Waals surface area (Å²) in [6.45, 7) is 1.42. The quantitative estimate of drug-likeness (QED) is 0.617. The molecule has 0 saturated heterocycles. The second-order valence-electron chi connectivity index (χ2n) is 5.77. The fourth-order valence-corrected chi connectivity index (χ4v) is 2.61. The molecule has 5 nitrogen and oxygen atoms in total. The first-order valence-corrected chi connectivity index (χ1v) is 8.79. The average molecular weight is 369 g/mol. The summed E-state index contributed by atoms with van der Waals surface area (Å²) in [5, 5.41) is 7.28. The Balaban J connectivity index is 1.51. The van der Waals surface area contributed by atoms with Gasteiger partial charge in [0.2, 0.25) is 5.95 Å². The van der Waals surface area contributed by atoms with Gasteiger partial charge in [-0.3, -0.25) is 0 Å². The third kappa shape index (κ3) is 5.36. The largest absolute Gasteiger partial charge is 0.497 e. The number of aromatic nitrogens is 2. The molecule has 0 aliphatic heterocycles. The monoisotopic (exact) mass is 368 g/mol. The average Bonchev–Trinajstić information content (AvgIpc) is 2.68. The number of nitrogens with zero attached hydrogens (tertiary/aromatic N) is 2. The predicted octanol–water partition coefficient (Wildman–Crippen LogP) is 4.41. The number of benzene rings is 2. The molecule has 0 saturated carbocycles. The van der Waals surface area contributed by atoms with Crippen LogP contribution in [0.15, 0.2) is 60.8 Å². The first-order valence-electron chi connectivity index (χ1n) is 8.41. The van der Waals surface area contributed by atoms with Crippen molar-refractivity contribution < 1.29 is 4.74 Å². The van der Waals surface area contributed by atoms with Gasteiger partial charge in [0.05, 0.1) is 7.11 Å². The number of halogens is 1. The Morgan fingerprint density at radius 1 is 1.00 bits per heavy atom. The van der Waals surface area contributed by atoms with Gasteiger partial charge in [-0.2, -0.15) is 4.98 Å². The van der Waals surface area contributed by atoms with Crippen molar-refractivity contribution >= 4 is 23.4 Å². The molecule has 0 radical (unpaired) electrons. The van der Waals surface area contributed by atoms with E-state index in [4.69, 9.17) is 16.3 Å². The van der Waals surface area contributed by atoms with Crippen LogP contribution in [-0.2, 0) is 13.0 Å². The number of hydrogen-bond acceptors (Lipinski definition) is 5. The fourth-order valence-electron chi connectivity index (χ4n) is 2.48. The van der Waals surface area contributed by atoms with E-state index in [0.717, 1.165) is 35.1 Å². The minimum Gasteiger partial charge on any atom is -0.497 e. The number of nitrogens with one attached hydrogen (secondary N) is 2. The molecule has 26 heavy (non-hydrogen) atoms. The van der Waals surface area contributed by atoms with E-state index in [0.29, 0.717) is 12.5 Å². The van der Waals surface area contributed by atoms with Gasteiger partial charge in [-0.15, -0.1) is 0 Å². The molecule has 3 aromatic rings. The van der Waals surface area contributed by atoms with Crippen LogP contribution in [0, 0.1) is 0 Å². The molecular weight excluding hydrogens is 348 g/mol. The Kier molecular flexibility index (Phi) is 6.28. The number of hydrogen-bond donors (Lipinski definition) is 2. The molecule has 0 fully saturated rings. The topological polar surface area (TPSA) is 59.1 Å². The summed E-state index contributed by atoms with van der Waals surface area (Å²) in [6, 6.07) is 17.6. The third-order valence-electron chi connectivity index (χ3n) is 3.87. The van der Waals surface area contributed by atoms with Crippen molar-refractivity contribution in [3.8, 4) is 5.75 Å². The summed E-state index contributed by atoms with van der Waals surface area (Å²) in [4.78, 5) is 8.75. The molecule has 2 aromatic carbocycles. The van der Waals surface area contributed by atoms with Gasteiger partial charge in [0.25, 0.3) is 0 Å². The van der Waals surface area contributed by atoms with E-state index in [-0.39, 0.29) is 0 Å². The van der Waals surface area contributed by atoms with Crippen molar-refractivity contribution in [1.82, 2.24) is 9.97 Å². The second-order valence-corrected chi connectivity index (χ2v) is 6.21. The van der Waals surface area contributed by atoms with Gasteiger partial charge in [-0.05, 0) is 47.9 Å². The van der Waals surface area contributed by atoms with E-state index >= 15 is 0 Å². The van der Waals surface area contributed by atoms with Gasteiger partial charge in [-0.25, -0.2) is 4.98 Å². The van der Waals surface area contributed by atoms with Crippen LogP contribution in [-0.4, -0.2) is 23.6 Å². The lowest BCUT2D eigenvalue weighted by molar-refractivity contribution is 0.414. The summed E-state index contributed by atoms with van der Waals surface area (Å²) < 4.78 is 5.24. The highest BCUT2D eigenvalue weighted by Crippen LogP contribution is 2.14. The molecule has 3 rings (SSSR count). The third-order valence-corrected chi connectivity index (χ3v) is 4.13. The van der Waals surface area contributed by atoms with Crippen molar-refractivity contribution in [2.24, 2.45) is 0 Å². The fraction of sp³-hybridized carbons (Fsp3) is 0.200. The first kappa shape index (κ1) is 18.0. The van der Waals surface area contributed by atoms with Gasteiger partial charge in [-0.1, -0.05) is 35.9 Å². The van der Waals surface area contributed by atoms with Gasteiger partial charge in [0, 0.05) is 24.3 Å². The lowest BCUT2D eigenvalue weighted by Crippen LogP contribution is -2.09. The Hall–Kier alpha value is -2.79. The molecule has 0 atom stereocenters. The number of methoxy groups -OCH3 is 1. The summed E-state index contributed by atoms with van der Waals surface area (Å²) in [7, 11) is 1.67. The molecule has 0 amide bonds. The zero-order valence-corrected chi connectivity index (χ0v) is 15.3. The normalized spacial score (nSPS) is 10.4. The van der Waals surface area contributed by atoms with E-state index in [9.17, 15) is 0 Å². The highest BCUT2D eigenvalue weighted by molar-refractivity contribution is 6.30. The van der Waals surface area contributed by atoms with Crippen molar-refractivity contribution in [3.05, 3.63) is 76.9 Å². The predicted molar refractivity (Wildman–Crippen MR) is 106 cm³/mol. The van der Waals surface area contributed by atoms with E-state index in [1.165, 1.54) is 5.56 Å². The van der Waals surface area contributed by atoms with Crippen LogP contribution in [0.25, 0.3) is 0 Å². The molecule has 0 aliphatic carbocycles. The van der Waals surface area contributed by atoms with E-state index in [1.54, 1.807) is 13.3 Å². The summed E-state index contributed by atoms with van der Waals surface area (Å²) in [5.74, 6) is 2.25. The van der Waals surface area contributed by atoms with Crippen molar-refractivity contribution in [1.29, 1.82) is 0 Å². The highest BCUT2D eigenvalue weighted by atomic mass is 35.5. The lowest BCUT2D eigenvalue weighted by atomic mass is 10.1. The molecule has 6 heteroatoms. The summed E-state index contributed by atoms with van der Waals surface area (Å²) in [6.07, 6.45) is 2.61. The molecule has 134 valence electrons. The van der Waals surface area contributed by atoms with Gasteiger partial charge in [0.15, 0.2) is 0 Å². The summed E-state index contributed by atoms with van der Waals surface area (Å²) >= 11 is 5.90. The first-order chi connectivity index (χ1) is 12.7. The van der Waals surface area contributed by atoms with Crippen molar-refractivity contribution in [3.63, 3.8) is 0 Å². The number of rotatable bonds is 8. The van der Waals surface area contributed by atoms with Gasteiger partial charge >= 0.3 is 0 Å². The van der Waals surface area contributed by atoms with Crippen LogP contribution in [0.2, 0.25) is 5.02 Å². The van der Waals surface area contributed by atoms with E-state index in [1.807, 2.05) is 48.5 Å². The standard InChI is InChI=1S/C20H21ClN4O/c1-26-18-4-2-3-15(13-18)9-11-22-20-23-12-10-19(25-20)24-14-16-5-7-17(21)8-6-16/h2-8,10,12-13H,9,11,14H2,1H3,(H2,22,23,24,25). The number of anilines is 2. The van der Waals surface area contributed by atoms with Crippen LogP contribution >= 0.6 is 11.6 Å². The molecular formula is C20H21ClN4O. The minimum atomic E-state index is 0.606. The van der Waals surface area contributed by atoms with E-state index < -0.39 is 0 Å². The molecule has 0 bridgehead atoms. The maximum absolute atomic E-state index is 5.90. The Morgan fingerprint density at radius 3 is 2.65 bits per heavy atom. The second kappa shape index (κ2) is 9.06.